The molecule has 0 aliphatic carbocycles. The number of aromatic nitrogens is 5. The fraction of sp³-hybridized carbons (Fsp3) is 0.295. The summed E-state index contributed by atoms with van der Waals surface area (Å²) in [5.41, 5.74) is 9.34. The van der Waals surface area contributed by atoms with Gasteiger partial charge in [-0.1, -0.05) is 65.8 Å². The van der Waals surface area contributed by atoms with Gasteiger partial charge in [0.2, 0.25) is 26.2 Å². The lowest BCUT2D eigenvalue weighted by atomic mass is 9.87. The third kappa shape index (κ3) is 9.11. The largest absolute Gasteiger partial charge is 0.206 e. The van der Waals surface area contributed by atoms with Gasteiger partial charge in [0.05, 0.1) is 0 Å². The van der Waals surface area contributed by atoms with Crippen molar-refractivity contribution < 1.29 is 22.8 Å². The van der Waals surface area contributed by atoms with Gasteiger partial charge in [0.1, 0.15) is 0 Å². The topological polar surface area (TPSA) is 19.4 Å². The van der Waals surface area contributed by atoms with Crippen LogP contribution < -0.4 is 22.8 Å². The third-order valence-electron chi connectivity index (χ3n) is 9.41. The van der Waals surface area contributed by atoms with Crippen LogP contribution in [0.4, 0.5) is 0 Å². The first-order valence-electron chi connectivity index (χ1n) is 17.6. The maximum absolute atomic E-state index is 2.26. The van der Waals surface area contributed by atoms with Crippen molar-refractivity contribution in [2.24, 2.45) is 0 Å². The summed E-state index contributed by atoms with van der Waals surface area (Å²) in [6.07, 6.45) is 21.8. The highest BCUT2D eigenvalue weighted by Crippen LogP contribution is 2.23. The molecule has 248 valence electrons. The molecule has 0 unspecified atom stereocenters. The van der Waals surface area contributed by atoms with Crippen LogP contribution in [0.15, 0.2) is 147 Å². The van der Waals surface area contributed by atoms with Crippen LogP contribution in [-0.4, -0.2) is 0 Å². The molecule has 6 rings (SSSR count). The Morgan fingerprint density at radius 3 is 0.898 bits per heavy atom. The van der Waals surface area contributed by atoms with E-state index >= 15 is 0 Å². The molecule has 5 heteroatoms. The van der Waals surface area contributed by atoms with Gasteiger partial charge in [0, 0.05) is 66.2 Å². The predicted octanol–water partition coefficient (Wildman–Crippen LogP) is 6.50. The van der Waals surface area contributed by atoms with Gasteiger partial charge in [-0.2, -0.15) is 18.3 Å². The van der Waals surface area contributed by atoms with E-state index in [0.717, 1.165) is 32.7 Å². The van der Waals surface area contributed by atoms with Crippen molar-refractivity contribution in [1.29, 1.82) is 0 Å². The molecule has 0 saturated heterocycles. The number of hydrogen-bond acceptors (Lipinski definition) is 0. The van der Waals surface area contributed by atoms with E-state index in [1.165, 1.54) is 38.9 Å². The van der Waals surface area contributed by atoms with E-state index in [0.29, 0.717) is 0 Å². The summed E-state index contributed by atoms with van der Waals surface area (Å²) in [5, 5.41) is 0. The zero-order valence-corrected chi connectivity index (χ0v) is 30.1. The van der Waals surface area contributed by atoms with Crippen molar-refractivity contribution in [3.63, 3.8) is 0 Å². The highest BCUT2D eigenvalue weighted by Gasteiger charge is 2.16. The Morgan fingerprint density at radius 1 is 0.327 bits per heavy atom. The molecule has 0 saturated carbocycles. The minimum atomic E-state index is 0.180. The molecule has 0 spiro atoms. The summed E-state index contributed by atoms with van der Waals surface area (Å²) in [7, 11) is 0. The van der Waals surface area contributed by atoms with Crippen molar-refractivity contribution in [2.75, 3.05) is 0 Å². The van der Waals surface area contributed by atoms with Crippen LogP contribution in [0.3, 0.4) is 0 Å². The molecule has 0 radical (unpaired) electrons. The van der Waals surface area contributed by atoms with E-state index in [4.69, 9.17) is 0 Å². The molecule has 0 N–H and O–H groups in total. The Kier molecular flexibility index (Phi) is 10.1. The fourth-order valence-electron chi connectivity index (χ4n) is 6.04. The molecule has 0 atom stereocenters. The predicted molar refractivity (Wildman–Crippen MR) is 194 cm³/mol. The molecule has 5 heterocycles. The normalized spacial score (nSPS) is 11.9. The number of benzene rings is 1. The molecule has 0 amide bonds. The summed E-state index contributed by atoms with van der Waals surface area (Å²) < 4.78 is 11.3. The Bertz CT molecular complexity index is 1930. The van der Waals surface area contributed by atoms with Crippen LogP contribution in [0, 0.1) is 0 Å². The minimum absolute atomic E-state index is 0.180. The van der Waals surface area contributed by atoms with Crippen molar-refractivity contribution in [1.82, 2.24) is 0 Å². The van der Waals surface area contributed by atoms with Gasteiger partial charge in [-0.05, 0) is 44.2 Å². The molecule has 5 nitrogen and oxygen atoms in total. The molecule has 5 aromatic heterocycles. The number of nitrogens with zero attached hydrogens (tertiary/aromatic N) is 5. The highest BCUT2D eigenvalue weighted by molar-refractivity contribution is 5.61. The van der Waals surface area contributed by atoms with Crippen LogP contribution in [0.1, 0.15) is 58.2 Å². The average molecular weight is 651 g/mol. The highest BCUT2D eigenvalue weighted by atomic mass is 15.0. The van der Waals surface area contributed by atoms with E-state index in [1.54, 1.807) is 0 Å². The second kappa shape index (κ2) is 14.6. The monoisotopic (exact) mass is 650 g/mol. The summed E-state index contributed by atoms with van der Waals surface area (Å²) in [6, 6.07) is 31.2. The summed E-state index contributed by atoms with van der Waals surface area (Å²) >= 11 is 0. The van der Waals surface area contributed by atoms with Gasteiger partial charge in [-0.15, -0.1) is 0 Å². The minimum Gasteiger partial charge on any atom is -0.201 e. The first kappa shape index (κ1) is 33.9. The Hall–Kier alpha value is -5.03. The zero-order valence-electron chi connectivity index (χ0n) is 30.1. The molecule has 0 aliphatic heterocycles. The van der Waals surface area contributed by atoms with Gasteiger partial charge < -0.3 is 0 Å². The van der Waals surface area contributed by atoms with Gasteiger partial charge in [0.25, 0.3) is 0 Å². The van der Waals surface area contributed by atoms with E-state index in [1.807, 2.05) is 0 Å². The SMILES string of the molecule is CC(C)(C)c1ccc(C[n+]2ccc(-c3cc[n+](CC[n+]4ccc(-c5cc[n+](CC[n+]6ccc(C(C)(C)C)cc6)cc5)cc4)cc3)cc2)cc1. The number of rotatable bonds is 10. The van der Waals surface area contributed by atoms with E-state index in [9.17, 15) is 0 Å². The summed E-state index contributed by atoms with van der Waals surface area (Å²) in [6.45, 7) is 18.1. The van der Waals surface area contributed by atoms with Crippen LogP contribution in [-0.2, 0) is 43.6 Å². The molecule has 0 aliphatic rings. The van der Waals surface area contributed by atoms with Crippen molar-refractivity contribution in [3.8, 4) is 22.3 Å². The lowest BCUT2D eigenvalue weighted by molar-refractivity contribution is -0.778. The molecular weight excluding hydrogens is 599 g/mol. The van der Waals surface area contributed by atoms with Gasteiger partial charge >= 0.3 is 0 Å². The second-order valence-corrected chi connectivity index (χ2v) is 15.3. The molecule has 1 aromatic carbocycles. The number of hydrogen-bond donors (Lipinski definition) is 0. The van der Waals surface area contributed by atoms with Crippen LogP contribution >= 0.6 is 0 Å². The first-order valence-corrected chi connectivity index (χ1v) is 17.6. The lowest BCUT2D eigenvalue weighted by Crippen LogP contribution is -2.44. The van der Waals surface area contributed by atoms with Crippen molar-refractivity contribution in [3.05, 3.63) is 164 Å². The van der Waals surface area contributed by atoms with Crippen molar-refractivity contribution >= 4 is 0 Å². The molecule has 0 bridgehead atoms. The van der Waals surface area contributed by atoms with E-state index in [2.05, 4.69) is 211 Å². The summed E-state index contributed by atoms with van der Waals surface area (Å²) in [5.74, 6) is 0. The smallest absolute Gasteiger partial charge is 0.201 e. The molecular formula is C44H52N5+5. The third-order valence-corrected chi connectivity index (χ3v) is 9.41. The second-order valence-electron chi connectivity index (χ2n) is 15.3. The van der Waals surface area contributed by atoms with Crippen LogP contribution in [0.2, 0.25) is 0 Å². The summed E-state index contributed by atoms with van der Waals surface area (Å²) in [4.78, 5) is 0. The Morgan fingerprint density at radius 2 is 0.592 bits per heavy atom. The van der Waals surface area contributed by atoms with E-state index < -0.39 is 0 Å². The van der Waals surface area contributed by atoms with Crippen LogP contribution in [0.5, 0.6) is 0 Å². The maximum atomic E-state index is 2.26. The van der Waals surface area contributed by atoms with Crippen molar-refractivity contribution in [2.45, 2.75) is 85.1 Å². The molecule has 49 heavy (non-hydrogen) atoms. The molecule has 0 fully saturated rings. The first-order chi connectivity index (χ1) is 23.5. The van der Waals surface area contributed by atoms with E-state index in [-0.39, 0.29) is 10.8 Å². The van der Waals surface area contributed by atoms with Gasteiger partial charge in [-0.3, -0.25) is 0 Å². The number of pyridine rings is 5. The number of aryl methyl sites for hydroxylation is 4. The van der Waals surface area contributed by atoms with Crippen LogP contribution in [0.25, 0.3) is 22.3 Å². The van der Waals surface area contributed by atoms with Gasteiger partial charge in [-0.25, -0.2) is 4.57 Å². The molecule has 6 aromatic rings. The maximum Gasteiger partial charge on any atom is 0.206 e. The zero-order chi connectivity index (χ0) is 34.4. The fourth-order valence-corrected chi connectivity index (χ4v) is 6.04. The average Bonchev–Trinajstić information content (AvgIpc) is 3.11. The lowest BCUT2D eigenvalue weighted by Gasteiger charge is -2.18. The Labute approximate surface area is 293 Å². The standard InChI is InChI=1S/C44H52N5/c1-43(2,3)41-9-7-36(8-10-41)35-49-27-17-40(18-28-49)39-15-25-46(26-16-39)32-31-45-21-11-37(12-22-45)38-13-23-47(24-14-38)33-34-48-29-19-42(20-30-48)44(4,5)6/h7-30H,31-35H2,1-6H3/q+5. The van der Waals surface area contributed by atoms with Gasteiger partial charge in [0.15, 0.2) is 68.5 Å². The quantitative estimate of drug-likeness (QED) is 0.151. The Balaban J connectivity index is 0.974.